The Bertz CT molecular complexity index is 217. The van der Waals surface area contributed by atoms with Crippen molar-refractivity contribution in [2.75, 3.05) is 19.7 Å². The summed E-state index contributed by atoms with van der Waals surface area (Å²) in [4.78, 5) is 11.4. The monoisotopic (exact) mass is 196 g/mol. The number of nitrogens with one attached hydrogen (secondary N) is 1. The van der Waals surface area contributed by atoms with Crippen molar-refractivity contribution in [2.24, 2.45) is 5.92 Å². The van der Waals surface area contributed by atoms with Crippen LogP contribution in [0.1, 0.15) is 25.7 Å². The molecule has 0 aromatic rings. The molecule has 4 heteroatoms. The van der Waals surface area contributed by atoms with E-state index in [1.807, 2.05) is 6.07 Å². The van der Waals surface area contributed by atoms with Gasteiger partial charge in [-0.25, -0.2) is 0 Å². The Kier molecular flexibility index (Phi) is 5.02. The molecule has 1 saturated heterocycles. The number of hydrogen-bond donors (Lipinski definition) is 1. The number of hydrogen-bond acceptors (Lipinski definition) is 4. The van der Waals surface area contributed by atoms with Gasteiger partial charge in [-0.05, 0) is 32.4 Å². The lowest BCUT2D eigenvalue weighted by Gasteiger charge is -2.20. The second-order valence-corrected chi connectivity index (χ2v) is 3.45. The number of carbonyl (C=O) groups excluding carboxylic acids is 1. The zero-order valence-electron chi connectivity index (χ0n) is 8.29. The first kappa shape index (κ1) is 11.0. The van der Waals surface area contributed by atoms with Crippen molar-refractivity contribution in [3.8, 4) is 6.07 Å². The lowest BCUT2D eigenvalue weighted by Crippen LogP contribution is -2.32. The quantitative estimate of drug-likeness (QED) is 0.534. The van der Waals surface area contributed by atoms with Crippen molar-refractivity contribution >= 4 is 5.97 Å². The molecule has 0 aromatic carbocycles. The molecule has 1 aliphatic heterocycles. The minimum atomic E-state index is -0.0931. The zero-order valence-corrected chi connectivity index (χ0v) is 8.29. The predicted octanol–water partition coefficient (Wildman–Crippen LogP) is 0.833. The highest BCUT2D eigenvalue weighted by atomic mass is 16.5. The summed E-state index contributed by atoms with van der Waals surface area (Å²) in [5.41, 5.74) is 0. The number of esters is 1. The fourth-order valence-electron chi connectivity index (χ4n) is 1.50. The van der Waals surface area contributed by atoms with Gasteiger partial charge >= 0.3 is 5.97 Å². The molecule has 78 valence electrons. The topological polar surface area (TPSA) is 62.1 Å². The van der Waals surface area contributed by atoms with Crippen LogP contribution in [0.2, 0.25) is 0 Å². The van der Waals surface area contributed by atoms with Crippen molar-refractivity contribution in [3.63, 3.8) is 0 Å². The first-order valence-electron chi connectivity index (χ1n) is 5.09. The van der Waals surface area contributed by atoms with E-state index in [2.05, 4.69) is 5.32 Å². The summed E-state index contributed by atoms with van der Waals surface area (Å²) in [5, 5.41) is 11.5. The van der Waals surface area contributed by atoms with Crippen LogP contribution in [-0.2, 0) is 9.53 Å². The first-order chi connectivity index (χ1) is 6.84. The van der Waals surface area contributed by atoms with E-state index in [1.165, 1.54) is 0 Å². The van der Waals surface area contributed by atoms with Gasteiger partial charge in [0.15, 0.2) is 0 Å². The molecule has 0 radical (unpaired) electrons. The molecular formula is C10H16N2O2. The van der Waals surface area contributed by atoms with Gasteiger partial charge in [0.25, 0.3) is 0 Å². The number of carbonyl (C=O) groups is 1. The average Bonchev–Trinajstić information content (AvgIpc) is 2.25. The molecule has 0 spiro atoms. The molecule has 0 aromatic heterocycles. The molecule has 1 N–H and O–H groups in total. The summed E-state index contributed by atoms with van der Waals surface area (Å²) in [7, 11) is 0. The van der Waals surface area contributed by atoms with E-state index >= 15 is 0 Å². The van der Waals surface area contributed by atoms with Crippen LogP contribution in [0.3, 0.4) is 0 Å². The molecule has 0 atom stereocenters. The van der Waals surface area contributed by atoms with Gasteiger partial charge in [0.2, 0.25) is 0 Å². The van der Waals surface area contributed by atoms with E-state index in [0.717, 1.165) is 25.9 Å². The maximum absolute atomic E-state index is 11.4. The summed E-state index contributed by atoms with van der Waals surface area (Å²) in [6.45, 7) is 2.19. The first-order valence-corrected chi connectivity index (χ1v) is 5.09. The number of piperidine rings is 1. The lowest BCUT2D eigenvalue weighted by atomic mass is 9.99. The Morgan fingerprint density at radius 3 is 2.86 bits per heavy atom. The SMILES string of the molecule is N#CCCCOC(=O)C1CCNCC1. The van der Waals surface area contributed by atoms with Crippen LogP contribution in [0.15, 0.2) is 0 Å². The molecule has 0 saturated carbocycles. The van der Waals surface area contributed by atoms with Crippen LogP contribution in [0.4, 0.5) is 0 Å². The highest BCUT2D eigenvalue weighted by molar-refractivity contribution is 5.72. The van der Waals surface area contributed by atoms with Gasteiger partial charge in [-0.3, -0.25) is 4.79 Å². The smallest absolute Gasteiger partial charge is 0.309 e. The molecule has 0 amide bonds. The molecule has 1 heterocycles. The molecule has 14 heavy (non-hydrogen) atoms. The zero-order chi connectivity index (χ0) is 10.2. The van der Waals surface area contributed by atoms with E-state index in [-0.39, 0.29) is 11.9 Å². The molecule has 0 aliphatic carbocycles. The maximum Gasteiger partial charge on any atom is 0.309 e. The van der Waals surface area contributed by atoms with Crippen molar-refractivity contribution in [1.82, 2.24) is 5.32 Å². The molecule has 1 aliphatic rings. The van der Waals surface area contributed by atoms with E-state index in [0.29, 0.717) is 19.4 Å². The third-order valence-corrected chi connectivity index (χ3v) is 2.35. The Labute approximate surface area is 84.2 Å². The van der Waals surface area contributed by atoms with E-state index in [9.17, 15) is 4.79 Å². The summed E-state index contributed by atoms with van der Waals surface area (Å²) in [6.07, 6.45) is 2.85. The van der Waals surface area contributed by atoms with E-state index in [4.69, 9.17) is 10.00 Å². The Morgan fingerprint density at radius 2 is 2.21 bits per heavy atom. The van der Waals surface area contributed by atoms with Gasteiger partial charge in [0.1, 0.15) is 0 Å². The van der Waals surface area contributed by atoms with Gasteiger partial charge in [-0.1, -0.05) is 0 Å². The molecule has 1 fully saturated rings. The van der Waals surface area contributed by atoms with Crippen LogP contribution in [0, 0.1) is 17.2 Å². The number of ether oxygens (including phenoxy) is 1. The predicted molar refractivity (Wildman–Crippen MR) is 51.4 cm³/mol. The average molecular weight is 196 g/mol. The van der Waals surface area contributed by atoms with Crippen LogP contribution < -0.4 is 5.32 Å². The molecule has 0 unspecified atom stereocenters. The second kappa shape index (κ2) is 6.39. The maximum atomic E-state index is 11.4. The number of rotatable bonds is 4. The second-order valence-electron chi connectivity index (χ2n) is 3.45. The van der Waals surface area contributed by atoms with Gasteiger partial charge in [-0.2, -0.15) is 5.26 Å². The van der Waals surface area contributed by atoms with E-state index < -0.39 is 0 Å². The summed E-state index contributed by atoms with van der Waals surface area (Å²) < 4.78 is 5.07. The highest BCUT2D eigenvalue weighted by Gasteiger charge is 2.21. The van der Waals surface area contributed by atoms with Gasteiger partial charge in [0.05, 0.1) is 18.6 Å². The normalized spacial score (nSPS) is 17.4. The van der Waals surface area contributed by atoms with Crippen molar-refractivity contribution in [1.29, 1.82) is 5.26 Å². The largest absolute Gasteiger partial charge is 0.465 e. The minimum absolute atomic E-state index is 0.0679. The van der Waals surface area contributed by atoms with Crippen molar-refractivity contribution < 1.29 is 9.53 Å². The summed E-state index contributed by atoms with van der Waals surface area (Å²) >= 11 is 0. The van der Waals surface area contributed by atoms with Crippen LogP contribution in [0.5, 0.6) is 0 Å². The van der Waals surface area contributed by atoms with Crippen molar-refractivity contribution in [3.05, 3.63) is 0 Å². The van der Waals surface area contributed by atoms with E-state index in [1.54, 1.807) is 0 Å². The highest BCUT2D eigenvalue weighted by Crippen LogP contribution is 2.13. The molecule has 0 bridgehead atoms. The lowest BCUT2D eigenvalue weighted by molar-refractivity contribution is -0.149. The van der Waals surface area contributed by atoms with Crippen molar-refractivity contribution in [2.45, 2.75) is 25.7 Å². The number of nitrogens with zero attached hydrogens (tertiary/aromatic N) is 1. The third kappa shape index (κ3) is 3.75. The standard InChI is InChI=1S/C10H16N2O2/c11-5-1-2-8-14-10(13)9-3-6-12-7-4-9/h9,12H,1-4,6-8H2. The number of nitriles is 1. The summed E-state index contributed by atoms with van der Waals surface area (Å²) in [6, 6.07) is 2.02. The van der Waals surface area contributed by atoms with Crippen LogP contribution in [0.25, 0.3) is 0 Å². The van der Waals surface area contributed by atoms with Crippen LogP contribution >= 0.6 is 0 Å². The van der Waals surface area contributed by atoms with Gasteiger partial charge < -0.3 is 10.1 Å². The Balaban J connectivity index is 2.11. The molecular weight excluding hydrogens is 180 g/mol. The minimum Gasteiger partial charge on any atom is -0.465 e. The Hall–Kier alpha value is -1.08. The molecule has 1 rings (SSSR count). The molecule has 4 nitrogen and oxygen atoms in total. The van der Waals surface area contributed by atoms with Gasteiger partial charge in [-0.15, -0.1) is 0 Å². The Morgan fingerprint density at radius 1 is 1.50 bits per heavy atom. The summed E-state index contributed by atoms with van der Waals surface area (Å²) in [5.74, 6) is -0.0252. The third-order valence-electron chi connectivity index (χ3n) is 2.35. The van der Waals surface area contributed by atoms with Gasteiger partial charge in [0, 0.05) is 6.42 Å². The fourth-order valence-corrected chi connectivity index (χ4v) is 1.50. The fraction of sp³-hybridized carbons (Fsp3) is 0.800. The van der Waals surface area contributed by atoms with Crippen LogP contribution in [-0.4, -0.2) is 25.7 Å². The number of unbranched alkanes of at least 4 members (excludes halogenated alkanes) is 1.